The van der Waals surface area contributed by atoms with Crippen molar-refractivity contribution in [2.75, 3.05) is 33.2 Å². The number of piperazine rings is 1. The largest absolute Gasteiger partial charge is 0.505 e. The number of aromatic hydroxyl groups is 1. The van der Waals surface area contributed by atoms with Crippen LogP contribution in [0.15, 0.2) is 60.3 Å². The average Bonchev–Trinajstić information content (AvgIpc) is 3.13. The quantitative estimate of drug-likeness (QED) is 0.652. The molecule has 1 N–H and O–H groups in total. The lowest BCUT2D eigenvalue weighted by atomic mass is 9.96. The zero-order chi connectivity index (χ0) is 22.2. The molecule has 0 bridgehead atoms. The van der Waals surface area contributed by atoms with Crippen LogP contribution in [0.1, 0.15) is 29.3 Å². The Morgan fingerprint density at radius 3 is 2.38 bits per heavy atom. The predicted octanol–water partition coefficient (Wildman–Crippen LogP) is 4.72. The monoisotopic (exact) mass is 429 g/mol. The van der Waals surface area contributed by atoms with Crippen LogP contribution in [0.5, 0.6) is 5.75 Å². The third-order valence-electron chi connectivity index (χ3n) is 6.62. The second kappa shape index (κ2) is 8.49. The van der Waals surface area contributed by atoms with Crippen molar-refractivity contribution in [2.24, 2.45) is 0 Å². The number of rotatable bonds is 4. The van der Waals surface area contributed by atoms with E-state index in [2.05, 4.69) is 54.1 Å². The van der Waals surface area contributed by atoms with Gasteiger partial charge < -0.3 is 10.0 Å². The van der Waals surface area contributed by atoms with Gasteiger partial charge in [-0.05, 0) is 54.4 Å². The number of benzene rings is 2. The molecule has 1 saturated heterocycles. The number of aromatic nitrogens is 1. The summed E-state index contributed by atoms with van der Waals surface area (Å²) < 4.78 is 13.6. The molecule has 0 radical (unpaired) electrons. The molecule has 2 heterocycles. The number of phenols is 1. The molecule has 1 aromatic heterocycles. The lowest BCUT2D eigenvalue weighted by Gasteiger charge is -2.32. The number of fused-ring (bicyclic) bond motifs is 1. The molecule has 5 heteroatoms. The van der Waals surface area contributed by atoms with Gasteiger partial charge in [0.2, 0.25) is 0 Å². The highest BCUT2D eigenvalue weighted by Crippen LogP contribution is 2.39. The van der Waals surface area contributed by atoms with E-state index in [-0.39, 0.29) is 5.75 Å². The number of halogens is 1. The van der Waals surface area contributed by atoms with E-state index in [0.717, 1.165) is 72.7 Å². The average molecular weight is 430 g/mol. The standard InChI is InChI=1S/C27H28FN3O/c1-18-13-25-23(27(18)21-7-8-24(28)26(32)15-21)14-22(16-29-25)20-5-3-19(4-6-20)17-31-11-9-30(2)10-12-31/h3-8,14-16,32H,9-13,17H2,1-2H3. The summed E-state index contributed by atoms with van der Waals surface area (Å²) in [4.78, 5) is 9.61. The molecule has 0 spiro atoms. The normalized spacial score (nSPS) is 17.1. The minimum atomic E-state index is -0.603. The number of pyridine rings is 1. The zero-order valence-corrected chi connectivity index (χ0v) is 18.6. The van der Waals surface area contributed by atoms with Crippen molar-refractivity contribution in [1.29, 1.82) is 0 Å². The van der Waals surface area contributed by atoms with Crippen LogP contribution in [0.3, 0.4) is 0 Å². The van der Waals surface area contributed by atoms with Crippen LogP contribution >= 0.6 is 0 Å². The van der Waals surface area contributed by atoms with Crippen molar-refractivity contribution in [3.05, 3.63) is 88.5 Å². The van der Waals surface area contributed by atoms with E-state index < -0.39 is 5.82 Å². The molecular formula is C27H28FN3O. The first kappa shape index (κ1) is 20.9. The minimum Gasteiger partial charge on any atom is -0.505 e. The number of nitrogens with zero attached hydrogens (tertiary/aromatic N) is 3. The van der Waals surface area contributed by atoms with Gasteiger partial charge in [0.05, 0.1) is 5.69 Å². The van der Waals surface area contributed by atoms with E-state index in [9.17, 15) is 9.50 Å². The lowest BCUT2D eigenvalue weighted by molar-refractivity contribution is 0.148. The van der Waals surface area contributed by atoms with E-state index in [1.165, 1.54) is 23.3 Å². The van der Waals surface area contributed by atoms with Gasteiger partial charge in [-0.15, -0.1) is 0 Å². The molecule has 0 saturated carbocycles. The molecule has 1 fully saturated rings. The van der Waals surface area contributed by atoms with Crippen LogP contribution in [-0.2, 0) is 13.0 Å². The molecule has 2 aromatic carbocycles. The topological polar surface area (TPSA) is 39.6 Å². The first-order chi connectivity index (χ1) is 15.5. The van der Waals surface area contributed by atoms with Crippen molar-refractivity contribution in [3.8, 4) is 16.9 Å². The van der Waals surface area contributed by atoms with Crippen LogP contribution in [0, 0.1) is 5.82 Å². The maximum absolute atomic E-state index is 13.6. The fourth-order valence-electron chi connectivity index (χ4n) is 4.71. The van der Waals surface area contributed by atoms with Crippen molar-refractivity contribution < 1.29 is 9.50 Å². The summed E-state index contributed by atoms with van der Waals surface area (Å²) in [5.74, 6) is -0.926. The molecular weight excluding hydrogens is 401 g/mol. The first-order valence-corrected chi connectivity index (χ1v) is 11.2. The summed E-state index contributed by atoms with van der Waals surface area (Å²) in [5.41, 5.74) is 8.65. The third kappa shape index (κ3) is 4.06. The number of hydrogen-bond acceptors (Lipinski definition) is 4. The van der Waals surface area contributed by atoms with Crippen molar-refractivity contribution >= 4 is 5.57 Å². The van der Waals surface area contributed by atoms with Gasteiger partial charge in [0.1, 0.15) is 0 Å². The molecule has 5 rings (SSSR count). The molecule has 0 amide bonds. The van der Waals surface area contributed by atoms with Gasteiger partial charge in [0, 0.05) is 56.5 Å². The second-order valence-corrected chi connectivity index (χ2v) is 8.99. The van der Waals surface area contributed by atoms with Gasteiger partial charge in [-0.3, -0.25) is 9.88 Å². The summed E-state index contributed by atoms with van der Waals surface area (Å²) in [7, 11) is 2.18. The summed E-state index contributed by atoms with van der Waals surface area (Å²) >= 11 is 0. The molecule has 0 unspecified atom stereocenters. The highest BCUT2D eigenvalue weighted by molar-refractivity contribution is 5.88. The predicted molar refractivity (Wildman–Crippen MR) is 126 cm³/mol. The van der Waals surface area contributed by atoms with Gasteiger partial charge in [-0.1, -0.05) is 35.9 Å². The third-order valence-corrected chi connectivity index (χ3v) is 6.62. The Bertz CT molecular complexity index is 1180. The Morgan fingerprint density at radius 1 is 0.938 bits per heavy atom. The fourth-order valence-corrected chi connectivity index (χ4v) is 4.71. The summed E-state index contributed by atoms with van der Waals surface area (Å²) in [5, 5.41) is 9.86. The highest BCUT2D eigenvalue weighted by atomic mass is 19.1. The maximum atomic E-state index is 13.6. The summed E-state index contributed by atoms with van der Waals surface area (Å²) in [6.07, 6.45) is 2.71. The molecule has 32 heavy (non-hydrogen) atoms. The molecule has 3 aromatic rings. The van der Waals surface area contributed by atoms with Crippen LogP contribution in [0.2, 0.25) is 0 Å². The van der Waals surface area contributed by atoms with Gasteiger partial charge in [-0.2, -0.15) is 0 Å². The number of allylic oxidation sites excluding steroid dienone is 1. The number of likely N-dealkylation sites (N-methyl/N-ethyl adjacent to an activating group) is 1. The van der Waals surface area contributed by atoms with E-state index in [1.54, 1.807) is 6.07 Å². The van der Waals surface area contributed by atoms with Gasteiger partial charge in [0.25, 0.3) is 0 Å². The molecule has 164 valence electrons. The molecule has 0 atom stereocenters. The summed E-state index contributed by atoms with van der Waals surface area (Å²) in [6.45, 7) is 7.53. The summed E-state index contributed by atoms with van der Waals surface area (Å²) in [6, 6.07) is 15.5. The zero-order valence-electron chi connectivity index (χ0n) is 18.6. The van der Waals surface area contributed by atoms with E-state index in [0.29, 0.717) is 0 Å². The molecule has 1 aliphatic carbocycles. The van der Waals surface area contributed by atoms with Crippen LogP contribution in [0.4, 0.5) is 4.39 Å². The van der Waals surface area contributed by atoms with Gasteiger partial charge in [0.15, 0.2) is 11.6 Å². The Balaban J connectivity index is 1.39. The molecule has 2 aliphatic rings. The molecule has 1 aliphatic heterocycles. The maximum Gasteiger partial charge on any atom is 0.164 e. The van der Waals surface area contributed by atoms with E-state index in [1.807, 2.05) is 6.20 Å². The Morgan fingerprint density at radius 2 is 1.66 bits per heavy atom. The SMILES string of the molecule is CC1=C(c2ccc(F)c(O)c2)c2cc(-c3ccc(CN4CCN(C)CC4)cc3)cnc2C1. The van der Waals surface area contributed by atoms with Crippen molar-refractivity contribution in [3.63, 3.8) is 0 Å². The number of phenolic OH excluding ortho intramolecular Hbond substituents is 1. The highest BCUT2D eigenvalue weighted by Gasteiger charge is 2.23. The Labute approximate surface area is 188 Å². The fraction of sp³-hybridized carbons (Fsp3) is 0.296. The lowest BCUT2D eigenvalue weighted by Crippen LogP contribution is -2.43. The van der Waals surface area contributed by atoms with Crippen molar-refractivity contribution in [1.82, 2.24) is 14.8 Å². The number of hydrogen-bond donors (Lipinski definition) is 1. The van der Waals surface area contributed by atoms with Gasteiger partial charge >= 0.3 is 0 Å². The Hall–Kier alpha value is -3.02. The van der Waals surface area contributed by atoms with Crippen LogP contribution in [-0.4, -0.2) is 53.1 Å². The molecule has 4 nitrogen and oxygen atoms in total. The minimum absolute atomic E-state index is 0.323. The second-order valence-electron chi connectivity index (χ2n) is 8.99. The van der Waals surface area contributed by atoms with Crippen LogP contribution < -0.4 is 0 Å². The van der Waals surface area contributed by atoms with Crippen molar-refractivity contribution in [2.45, 2.75) is 19.9 Å². The van der Waals surface area contributed by atoms with E-state index in [4.69, 9.17) is 4.98 Å². The Kier molecular flexibility index (Phi) is 5.53. The first-order valence-electron chi connectivity index (χ1n) is 11.2. The smallest absolute Gasteiger partial charge is 0.164 e. The van der Waals surface area contributed by atoms with Gasteiger partial charge in [-0.25, -0.2) is 4.39 Å². The van der Waals surface area contributed by atoms with E-state index >= 15 is 0 Å². The van der Waals surface area contributed by atoms with Crippen LogP contribution in [0.25, 0.3) is 16.7 Å².